The van der Waals surface area contributed by atoms with Gasteiger partial charge in [0.25, 0.3) is 0 Å². The first kappa shape index (κ1) is 14.1. The van der Waals surface area contributed by atoms with Crippen LogP contribution in [0.1, 0.15) is 22.0 Å². The lowest BCUT2D eigenvalue weighted by atomic mass is 10.0. The maximum absolute atomic E-state index is 12.1. The van der Waals surface area contributed by atoms with Gasteiger partial charge >= 0.3 is 5.97 Å². The summed E-state index contributed by atoms with van der Waals surface area (Å²) in [6.45, 7) is 1.36. The molecule has 1 unspecified atom stereocenters. The van der Waals surface area contributed by atoms with Crippen LogP contribution in [-0.2, 0) is 22.5 Å². The Morgan fingerprint density at radius 3 is 3.14 bits per heavy atom. The predicted molar refractivity (Wildman–Crippen MR) is 81.6 cm³/mol. The lowest BCUT2D eigenvalue weighted by Crippen LogP contribution is -2.29. The van der Waals surface area contributed by atoms with Crippen molar-refractivity contribution in [2.24, 2.45) is 0 Å². The van der Waals surface area contributed by atoms with Gasteiger partial charge < -0.3 is 9.47 Å². The van der Waals surface area contributed by atoms with Crippen molar-refractivity contribution < 1.29 is 14.3 Å². The van der Waals surface area contributed by atoms with Crippen LogP contribution < -0.4 is 10.1 Å². The van der Waals surface area contributed by atoms with Crippen LogP contribution in [-0.4, -0.2) is 19.7 Å². The highest BCUT2D eigenvalue weighted by molar-refractivity contribution is 7.09. The number of benzene rings is 1. The molecule has 0 radical (unpaired) electrons. The van der Waals surface area contributed by atoms with Crippen LogP contribution in [0.3, 0.4) is 0 Å². The molecule has 4 nitrogen and oxygen atoms in total. The van der Waals surface area contributed by atoms with E-state index in [-0.39, 0.29) is 5.97 Å². The summed E-state index contributed by atoms with van der Waals surface area (Å²) < 4.78 is 10.4. The van der Waals surface area contributed by atoms with E-state index in [1.807, 2.05) is 35.7 Å². The van der Waals surface area contributed by atoms with Gasteiger partial charge in [0.05, 0.1) is 13.7 Å². The van der Waals surface area contributed by atoms with Gasteiger partial charge in [-0.1, -0.05) is 12.1 Å². The van der Waals surface area contributed by atoms with Crippen molar-refractivity contribution in [2.75, 3.05) is 13.7 Å². The average molecular weight is 303 g/mol. The molecule has 1 aromatic carbocycles. The summed E-state index contributed by atoms with van der Waals surface area (Å²) in [5.41, 5.74) is 2.07. The lowest BCUT2D eigenvalue weighted by molar-refractivity contribution is -0.143. The Bertz CT molecular complexity index is 624. The minimum Gasteiger partial charge on any atom is -0.493 e. The number of ether oxygens (including phenoxy) is 2. The number of carbonyl (C=O) groups is 1. The fraction of sp³-hybridized carbons (Fsp3) is 0.312. The third-order valence-corrected chi connectivity index (χ3v) is 4.42. The number of hydrogen-bond acceptors (Lipinski definition) is 5. The molecule has 0 aliphatic carbocycles. The molecule has 2 aromatic rings. The highest BCUT2D eigenvalue weighted by atomic mass is 32.1. The second-order valence-corrected chi connectivity index (χ2v) is 5.91. The van der Waals surface area contributed by atoms with Crippen LogP contribution in [0.5, 0.6) is 5.75 Å². The molecule has 1 aliphatic rings. The highest BCUT2D eigenvalue weighted by Crippen LogP contribution is 2.28. The van der Waals surface area contributed by atoms with Crippen molar-refractivity contribution in [2.45, 2.75) is 19.0 Å². The number of fused-ring (bicyclic) bond motifs is 1. The van der Waals surface area contributed by atoms with Crippen molar-refractivity contribution in [3.8, 4) is 5.75 Å². The van der Waals surface area contributed by atoms with Gasteiger partial charge in [0.2, 0.25) is 0 Å². The molecule has 110 valence electrons. The minimum absolute atomic E-state index is 0.273. The molecular weight excluding hydrogens is 286 g/mol. The Morgan fingerprint density at radius 2 is 2.38 bits per heavy atom. The van der Waals surface area contributed by atoms with E-state index in [0.29, 0.717) is 13.2 Å². The summed E-state index contributed by atoms with van der Waals surface area (Å²) in [7, 11) is 1.42. The van der Waals surface area contributed by atoms with E-state index in [2.05, 4.69) is 5.32 Å². The van der Waals surface area contributed by atoms with E-state index in [1.165, 1.54) is 12.0 Å². The normalized spacial score (nSPS) is 14.3. The number of methoxy groups -OCH3 is 1. The highest BCUT2D eigenvalue weighted by Gasteiger charge is 2.23. The molecule has 2 heterocycles. The van der Waals surface area contributed by atoms with Gasteiger partial charge in [0.15, 0.2) is 0 Å². The van der Waals surface area contributed by atoms with Gasteiger partial charge in [-0.05, 0) is 34.7 Å². The van der Waals surface area contributed by atoms with Crippen molar-refractivity contribution in [1.29, 1.82) is 0 Å². The zero-order valence-corrected chi connectivity index (χ0v) is 12.6. The molecular formula is C16H17NO3S. The van der Waals surface area contributed by atoms with Gasteiger partial charge in [-0.2, -0.15) is 0 Å². The summed E-state index contributed by atoms with van der Waals surface area (Å²) in [5.74, 6) is 0.644. The average Bonchev–Trinajstić information content (AvgIpc) is 3.17. The predicted octanol–water partition coefficient (Wildman–Crippen LogP) is 2.69. The molecule has 1 N–H and O–H groups in total. The van der Waals surface area contributed by atoms with E-state index in [4.69, 9.17) is 9.47 Å². The van der Waals surface area contributed by atoms with Crippen LogP contribution in [0.2, 0.25) is 0 Å². The first-order chi connectivity index (χ1) is 10.3. The van der Waals surface area contributed by atoms with Crippen molar-refractivity contribution in [3.05, 3.63) is 51.7 Å². The molecule has 1 atom stereocenters. The Labute approximate surface area is 127 Å². The third-order valence-electron chi connectivity index (χ3n) is 3.54. The van der Waals surface area contributed by atoms with Crippen LogP contribution in [0.15, 0.2) is 35.7 Å². The maximum atomic E-state index is 12.1. The summed E-state index contributed by atoms with van der Waals surface area (Å²) in [6, 6.07) is 9.48. The summed E-state index contributed by atoms with van der Waals surface area (Å²) >= 11 is 1.66. The molecule has 0 saturated heterocycles. The van der Waals surface area contributed by atoms with Crippen molar-refractivity contribution in [1.82, 2.24) is 5.32 Å². The van der Waals surface area contributed by atoms with E-state index < -0.39 is 6.04 Å². The van der Waals surface area contributed by atoms with Gasteiger partial charge in [-0.15, -0.1) is 11.3 Å². The standard InChI is InChI=1S/C16H17NO3S/c1-19-16(18)15(17-10-13-3-2-8-21-13)12-4-5-14-11(9-12)6-7-20-14/h2-5,8-9,15,17H,6-7,10H2,1H3. The maximum Gasteiger partial charge on any atom is 0.327 e. The Kier molecular flexibility index (Phi) is 4.22. The van der Waals surface area contributed by atoms with Crippen molar-refractivity contribution in [3.63, 3.8) is 0 Å². The van der Waals surface area contributed by atoms with Gasteiger partial charge in [-0.3, -0.25) is 5.32 Å². The molecule has 0 bridgehead atoms. The fourth-order valence-corrected chi connectivity index (χ4v) is 3.11. The van der Waals surface area contributed by atoms with Crippen LogP contribution in [0.25, 0.3) is 0 Å². The first-order valence-corrected chi connectivity index (χ1v) is 7.75. The number of hydrogen-bond donors (Lipinski definition) is 1. The molecule has 1 aromatic heterocycles. The second-order valence-electron chi connectivity index (χ2n) is 4.88. The number of thiophene rings is 1. The quantitative estimate of drug-likeness (QED) is 0.863. The fourth-order valence-electron chi connectivity index (χ4n) is 2.46. The van der Waals surface area contributed by atoms with Crippen LogP contribution >= 0.6 is 11.3 Å². The SMILES string of the molecule is COC(=O)C(NCc1cccs1)c1ccc2c(c1)CCO2. The zero-order chi connectivity index (χ0) is 14.7. The second kappa shape index (κ2) is 6.28. The summed E-state index contributed by atoms with van der Waals surface area (Å²) in [5, 5.41) is 5.30. The molecule has 0 spiro atoms. The molecule has 0 saturated carbocycles. The van der Waals surface area contributed by atoms with Gasteiger partial charge in [-0.25, -0.2) is 4.79 Å². The monoisotopic (exact) mass is 303 g/mol. The number of carbonyl (C=O) groups excluding carboxylic acids is 1. The smallest absolute Gasteiger partial charge is 0.327 e. The van der Waals surface area contributed by atoms with Gasteiger partial charge in [0.1, 0.15) is 11.8 Å². The Morgan fingerprint density at radius 1 is 1.48 bits per heavy atom. The number of nitrogens with one attached hydrogen (secondary N) is 1. The topological polar surface area (TPSA) is 47.6 Å². The number of rotatable bonds is 5. The van der Waals surface area contributed by atoms with E-state index in [1.54, 1.807) is 11.3 Å². The molecule has 0 amide bonds. The van der Waals surface area contributed by atoms with E-state index in [9.17, 15) is 4.79 Å². The Balaban J connectivity index is 1.79. The third kappa shape index (κ3) is 3.09. The summed E-state index contributed by atoms with van der Waals surface area (Å²) in [4.78, 5) is 13.2. The molecule has 5 heteroatoms. The van der Waals surface area contributed by atoms with Crippen LogP contribution in [0.4, 0.5) is 0 Å². The van der Waals surface area contributed by atoms with Gasteiger partial charge in [0, 0.05) is 17.8 Å². The molecule has 0 fully saturated rings. The first-order valence-electron chi connectivity index (χ1n) is 6.87. The largest absolute Gasteiger partial charge is 0.493 e. The van der Waals surface area contributed by atoms with Crippen LogP contribution in [0, 0.1) is 0 Å². The lowest BCUT2D eigenvalue weighted by Gasteiger charge is -2.17. The Hall–Kier alpha value is -1.85. The minimum atomic E-state index is -0.456. The van der Waals surface area contributed by atoms with E-state index in [0.717, 1.165) is 23.3 Å². The molecule has 1 aliphatic heterocycles. The summed E-state index contributed by atoms with van der Waals surface area (Å²) in [6.07, 6.45) is 0.891. The molecule has 21 heavy (non-hydrogen) atoms. The van der Waals surface area contributed by atoms with Crippen molar-refractivity contribution >= 4 is 17.3 Å². The number of esters is 1. The van der Waals surface area contributed by atoms with E-state index >= 15 is 0 Å². The molecule has 3 rings (SSSR count). The zero-order valence-electron chi connectivity index (χ0n) is 11.8.